The zero-order chi connectivity index (χ0) is 12.1. The average molecular weight is 305 g/mol. The SMILES string of the molecule is C/C(=C\Cl)COc1cc(Br)ccc1[C@H](C)N. The van der Waals surface area contributed by atoms with E-state index in [1.807, 2.05) is 32.0 Å². The Bertz CT molecular complexity index is 391. The van der Waals surface area contributed by atoms with Gasteiger partial charge in [-0.15, -0.1) is 0 Å². The highest BCUT2D eigenvalue weighted by Gasteiger charge is 2.08. The van der Waals surface area contributed by atoms with Gasteiger partial charge >= 0.3 is 0 Å². The van der Waals surface area contributed by atoms with Crippen molar-refractivity contribution in [2.24, 2.45) is 5.73 Å². The van der Waals surface area contributed by atoms with Crippen molar-refractivity contribution in [3.8, 4) is 5.75 Å². The van der Waals surface area contributed by atoms with Crippen LogP contribution in [-0.4, -0.2) is 6.61 Å². The maximum Gasteiger partial charge on any atom is 0.125 e. The van der Waals surface area contributed by atoms with Crippen LogP contribution in [0.2, 0.25) is 0 Å². The van der Waals surface area contributed by atoms with Crippen LogP contribution >= 0.6 is 27.5 Å². The van der Waals surface area contributed by atoms with Crippen LogP contribution in [0.4, 0.5) is 0 Å². The van der Waals surface area contributed by atoms with Gasteiger partial charge in [0, 0.05) is 21.6 Å². The molecule has 0 spiro atoms. The second-order valence-electron chi connectivity index (χ2n) is 3.71. The lowest BCUT2D eigenvalue weighted by molar-refractivity contribution is 0.346. The van der Waals surface area contributed by atoms with Gasteiger partial charge in [0.1, 0.15) is 12.4 Å². The first-order valence-electron chi connectivity index (χ1n) is 4.98. The third kappa shape index (κ3) is 3.81. The highest BCUT2D eigenvalue weighted by molar-refractivity contribution is 9.10. The minimum absolute atomic E-state index is 0.0524. The van der Waals surface area contributed by atoms with E-state index in [1.165, 1.54) is 5.54 Å². The first-order valence-corrected chi connectivity index (χ1v) is 6.21. The van der Waals surface area contributed by atoms with Crippen molar-refractivity contribution in [3.63, 3.8) is 0 Å². The number of hydrogen-bond donors (Lipinski definition) is 1. The van der Waals surface area contributed by atoms with Crippen molar-refractivity contribution in [3.05, 3.63) is 39.3 Å². The molecule has 0 saturated carbocycles. The zero-order valence-electron chi connectivity index (χ0n) is 9.34. The summed E-state index contributed by atoms with van der Waals surface area (Å²) in [4.78, 5) is 0. The van der Waals surface area contributed by atoms with E-state index in [4.69, 9.17) is 22.1 Å². The molecule has 0 heterocycles. The molecular formula is C12H15BrClNO. The number of halogens is 2. The number of hydrogen-bond acceptors (Lipinski definition) is 2. The van der Waals surface area contributed by atoms with Gasteiger partial charge in [-0.25, -0.2) is 0 Å². The van der Waals surface area contributed by atoms with Crippen molar-refractivity contribution in [1.82, 2.24) is 0 Å². The van der Waals surface area contributed by atoms with E-state index in [2.05, 4.69) is 15.9 Å². The molecule has 1 aromatic carbocycles. The molecule has 0 aliphatic heterocycles. The zero-order valence-corrected chi connectivity index (χ0v) is 11.7. The largest absolute Gasteiger partial charge is 0.489 e. The molecule has 0 aromatic heterocycles. The van der Waals surface area contributed by atoms with Gasteiger partial charge in [-0.3, -0.25) is 0 Å². The molecule has 0 bridgehead atoms. The Hall–Kier alpha value is -0.510. The summed E-state index contributed by atoms with van der Waals surface area (Å²) in [5, 5.41) is 0. The van der Waals surface area contributed by atoms with E-state index in [0.717, 1.165) is 21.4 Å². The summed E-state index contributed by atoms with van der Waals surface area (Å²) in [6.45, 7) is 4.32. The van der Waals surface area contributed by atoms with Crippen molar-refractivity contribution in [2.45, 2.75) is 19.9 Å². The van der Waals surface area contributed by atoms with E-state index in [9.17, 15) is 0 Å². The summed E-state index contributed by atoms with van der Waals surface area (Å²) >= 11 is 8.98. The maximum atomic E-state index is 5.87. The molecule has 2 N–H and O–H groups in total. The van der Waals surface area contributed by atoms with Crippen LogP contribution in [0.1, 0.15) is 25.5 Å². The summed E-state index contributed by atoms with van der Waals surface area (Å²) < 4.78 is 6.64. The van der Waals surface area contributed by atoms with E-state index < -0.39 is 0 Å². The molecule has 0 fully saturated rings. The van der Waals surface area contributed by atoms with Crippen molar-refractivity contribution < 1.29 is 4.74 Å². The van der Waals surface area contributed by atoms with Gasteiger partial charge in [0.05, 0.1) is 0 Å². The van der Waals surface area contributed by atoms with Crippen LogP contribution in [-0.2, 0) is 0 Å². The molecule has 1 aromatic rings. The van der Waals surface area contributed by atoms with E-state index >= 15 is 0 Å². The summed E-state index contributed by atoms with van der Waals surface area (Å²) in [7, 11) is 0. The monoisotopic (exact) mass is 303 g/mol. The summed E-state index contributed by atoms with van der Waals surface area (Å²) in [5.41, 5.74) is 9.35. The Balaban J connectivity index is 2.88. The normalized spacial score (nSPS) is 13.7. The van der Waals surface area contributed by atoms with E-state index in [1.54, 1.807) is 0 Å². The molecule has 0 aliphatic carbocycles. The molecule has 1 atom stereocenters. The third-order valence-corrected chi connectivity index (χ3v) is 2.97. The van der Waals surface area contributed by atoms with Crippen molar-refractivity contribution in [2.75, 3.05) is 6.61 Å². The molecule has 88 valence electrons. The number of rotatable bonds is 4. The fourth-order valence-electron chi connectivity index (χ4n) is 1.23. The maximum absolute atomic E-state index is 5.87. The van der Waals surface area contributed by atoms with Crippen LogP contribution in [0.15, 0.2) is 33.8 Å². The van der Waals surface area contributed by atoms with E-state index in [0.29, 0.717) is 6.61 Å². The quantitative estimate of drug-likeness (QED) is 0.913. The number of ether oxygens (including phenoxy) is 1. The van der Waals surface area contributed by atoms with Crippen molar-refractivity contribution >= 4 is 27.5 Å². The number of nitrogens with two attached hydrogens (primary N) is 1. The van der Waals surface area contributed by atoms with Gasteiger partial charge in [-0.05, 0) is 31.6 Å². The highest BCUT2D eigenvalue weighted by Crippen LogP contribution is 2.27. The lowest BCUT2D eigenvalue weighted by Crippen LogP contribution is -2.09. The van der Waals surface area contributed by atoms with Gasteiger partial charge in [0.2, 0.25) is 0 Å². The Kier molecular flexibility index (Phi) is 5.32. The first kappa shape index (κ1) is 13.6. The molecular weight excluding hydrogens is 289 g/mol. The minimum Gasteiger partial charge on any atom is -0.489 e. The minimum atomic E-state index is -0.0524. The molecule has 0 aliphatic rings. The van der Waals surface area contributed by atoms with Gasteiger partial charge in [0.25, 0.3) is 0 Å². The van der Waals surface area contributed by atoms with E-state index in [-0.39, 0.29) is 6.04 Å². The van der Waals surface area contributed by atoms with Crippen LogP contribution in [0.3, 0.4) is 0 Å². The standard InChI is InChI=1S/C12H15BrClNO/c1-8(6-14)7-16-12-5-10(13)3-4-11(12)9(2)15/h3-6,9H,7,15H2,1-2H3/b8-6+/t9-/m0/s1. The molecule has 0 saturated heterocycles. The predicted octanol–water partition coefficient (Wildman–Crippen LogP) is 3.99. The van der Waals surface area contributed by atoms with Crippen molar-refractivity contribution in [1.29, 1.82) is 0 Å². The van der Waals surface area contributed by atoms with Gasteiger partial charge in [-0.2, -0.15) is 0 Å². The molecule has 2 nitrogen and oxygen atoms in total. The second-order valence-corrected chi connectivity index (χ2v) is 4.85. The smallest absolute Gasteiger partial charge is 0.125 e. The van der Waals surface area contributed by atoms with Gasteiger partial charge in [-0.1, -0.05) is 33.6 Å². The molecule has 1 rings (SSSR count). The highest BCUT2D eigenvalue weighted by atomic mass is 79.9. The molecule has 0 radical (unpaired) electrons. The molecule has 4 heteroatoms. The third-order valence-electron chi connectivity index (χ3n) is 2.11. The van der Waals surface area contributed by atoms with Crippen LogP contribution in [0, 0.1) is 0 Å². The first-order chi connectivity index (χ1) is 7.54. The Labute approximate surface area is 110 Å². The number of benzene rings is 1. The summed E-state index contributed by atoms with van der Waals surface area (Å²) in [6.07, 6.45) is 0. The van der Waals surface area contributed by atoms with Crippen LogP contribution in [0.25, 0.3) is 0 Å². The predicted molar refractivity (Wildman–Crippen MR) is 71.8 cm³/mol. The van der Waals surface area contributed by atoms with Crippen LogP contribution in [0.5, 0.6) is 5.75 Å². The fraction of sp³-hybridized carbons (Fsp3) is 0.333. The summed E-state index contributed by atoms with van der Waals surface area (Å²) in [6, 6.07) is 5.78. The molecule has 16 heavy (non-hydrogen) atoms. The molecule has 0 unspecified atom stereocenters. The van der Waals surface area contributed by atoms with Gasteiger partial charge < -0.3 is 10.5 Å². The van der Waals surface area contributed by atoms with Gasteiger partial charge in [0.15, 0.2) is 0 Å². The van der Waals surface area contributed by atoms with Crippen LogP contribution < -0.4 is 10.5 Å². The Morgan fingerprint density at radius 1 is 1.62 bits per heavy atom. The summed E-state index contributed by atoms with van der Waals surface area (Å²) in [5.74, 6) is 0.794. The fourth-order valence-corrected chi connectivity index (χ4v) is 1.64. The Morgan fingerprint density at radius 2 is 2.31 bits per heavy atom. The lowest BCUT2D eigenvalue weighted by Gasteiger charge is -2.14. The molecule has 0 amide bonds. The average Bonchev–Trinajstić information content (AvgIpc) is 2.25. The lowest BCUT2D eigenvalue weighted by atomic mass is 10.1. The Morgan fingerprint density at radius 3 is 2.88 bits per heavy atom. The topological polar surface area (TPSA) is 35.2 Å². The second kappa shape index (κ2) is 6.28.